The number of benzene rings is 3. The maximum Gasteiger partial charge on any atom is 0.344 e. The van der Waals surface area contributed by atoms with Gasteiger partial charge in [0.2, 0.25) is 0 Å². The number of carbonyl (C=O) groups excluding carboxylic acids is 3. The molecule has 37 heavy (non-hydrogen) atoms. The van der Waals surface area contributed by atoms with Gasteiger partial charge >= 0.3 is 17.9 Å². The third-order valence-corrected chi connectivity index (χ3v) is 5.94. The van der Waals surface area contributed by atoms with Crippen molar-refractivity contribution in [1.82, 2.24) is 0 Å². The molecule has 0 radical (unpaired) electrons. The molecule has 0 atom stereocenters. The van der Waals surface area contributed by atoms with Crippen LogP contribution in [0.2, 0.25) is 0 Å². The van der Waals surface area contributed by atoms with Gasteiger partial charge in [-0.05, 0) is 54.6 Å². The van der Waals surface area contributed by atoms with Crippen LogP contribution in [-0.2, 0) is 14.3 Å². The number of esters is 3. The topological polar surface area (TPSA) is 88.1 Å². The third kappa shape index (κ3) is 8.34. The average Bonchev–Trinajstić information content (AvgIpc) is 2.93. The molecule has 0 bridgehead atoms. The van der Waals surface area contributed by atoms with Crippen LogP contribution in [-0.4, -0.2) is 38.2 Å². The predicted octanol–water partition coefficient (Wildman–Crippen LogP) is 6.52. The molecule has 0 aromatic heterocycles. The van der Waals surface area contributed by atoms with E-state index in [0.717, 1.165) is 55.0 Å². The lowest BCUT2D eigenvalue weighted by Gasteiger charge is -2.12. The highest BCUT2D eigenvalue weighted by Crippen LogP contribution is 2.30. The van der Waals surface area contributed by atoms with Crippen LogP contribution in [0.3, 0.4) is 0 Å². The Morgan fingerprint density at radius 3 is 2.03 bits per heavy atom. The van der Waals surface area contributed by atoms with Gasteiger partial charge in [0, 0.05) is 11.8 Å². The number of fused-ring (bicyclic) bond motifs is 1. The molecule has 0 aliphatic rings. The van der Waals surface area contributed by atoms with Crippen molar-refractivity contribution in [3.63, 3.8) is 0 Å². The molecule has 7 nitrogen and oxygen atoms in total. The summed E-state index contributed by atoms with van der Waals surface area (Å²) in [6.45, 7) is 2.90. The first-order valence-electron chi connectivity index (χ1n) is 12.7. The van der Waals surface area contributed by atoms with Crippen molar-refractivity contribution < 1.29 is 33.3 Å². The SMILES string of the molecule is CCC(=O)OCCCCCCCCOc1ccc(C(=O)Oc2ccc(C(=O)OC)cc2)c2ccccc12. The average molecular weight is 507 g/mol. The summed E-state index contributed by atoms with van der Waals surface area (Å²) in [7, 11) is 1.31. The number of ether oxygens (including phenoxy) is 4. The van der Waals surface area contributed by atoms with Gasteiger partial charge in [-0.2, -0.15) is 0 Å². The Morgan fingerprint density at radius 1 is 0.703 bits per heavy atom. The molecule has 3 aromatic carbocycles. The quantitative estimate of drug-likeness (QED) is 0.140. The van der Waals surface area contributed by atoms with E-state index >= 15 is 0 Å². The van der Waals surface area contributed by atoms with Gasteiger partial charge < -0.3 is 18.9 Å². The molecule has 3 rings (SSSR count). The molecular weight excluding hydrogens is 472 g/mol. The highest BCUT2D eigenvalue weighted by Gasteiger charge is 2.16. The van der Waals surface area contributed by atoms with Crippen molar-refractivity contribution in [2.45, 2.75) is 51.9 Å². The molecule has 0 heterocycles. The predicted molar refractivity (Wildman–Crippen MR) is 141 cm³/mol. The van der Waals surface area contributed by atoms with Gasteiger partial charge in [0.05, 0.1) is 31.5 Å². The van der Waals surface area contributed by atoms with Crippen LogP contribution in [0, 0.1) is 0 Å². The number of hydrogen-bond acceptors (Lipinski definition) is 7. The minimum Gasteiger partial charge on any atom is -0.493 e. The molecule has 0 amide bonds. The maximum atomic E-state index is 12.9. The zero-order chi connectivity index (χ0) is 26.5. The zero-order valence-corrected chi connectivity index (χ0v) is 21.5. The summed E-state index contributed by atoms with van der Waals surface area (Å²) in [5.74, 6) is -0.0122. The van der Waals surface area contributed by atoms with E-state index in [4.69, 9.17) is 14.2 Å². The summed E-state index contributed by atoms with van der Waals surface area (Å²) in [6, 6.07) is 17.3. The van der Waals surface area contributed by atoms with E-state index in [9.17, 15) is 14.4 Å². The van der Waals surface area contributed by atoms with Crippen molar-refractivity contribution >= 4 is 28.7 Å². The molecule has 0 saturated heterocycles. The van der Waals surface area contributed by atoms with Gasteiger partial charge in [0.25, 0.3) is 0 Å². The van der Waals surface area contributed by atoms with Gasteiger partial charge in [-0.1, -0.05) is 56.9 Å². The Bertz CT molecular complexity index is 1180. The van der Waals surface area contributed by atoms with Crippen molar-refractivity contribution in [2.75, 3.05) is 20.3 Å². The summed E-state index contributed by atoms with van der Waals surface area (Å²) in [5.41, 5.74) is 0.813. The molecule has 0 unspecified atom stereocenters. The molecule has 0 aliphatic carbocycles. The van der Waals surface area contributed by atoms with Crippen LogP contribution in [0.25, 0.3) is 10.8 Å². The van der Waals surface area contributed by atoms with E-state index in [1.807, 2.05) is 24.3 Å². The molecule has 7 heteroatoms. The molecule has 0 saturated carbocycles. The van der Waals surface area contributed by atoms with Gasteiger partial charge in [0.1, 0.15) is 11.5 Å². The standard InChI is InChI=1S/C30H34O7/c1-3-28(31)36-21-11-7-5-4-6-10-20-35-27-19-18-26(24-12-8-9-13-25(24)27)30(33)37-23-16-14-22(15-17-23)29(32)34-2/h8-9,12-19H,3-7,10-11,20-21H2,1-2H3. The summed E-state index contributed by atoms with van der Waals surface area (Å²) in [5, 5.41) is 1.60. The van der Waals surface area contributed by atoms with Crippen LogP contribution < -0.4 is 9.47 Å². The van der Waals surface area contributed by atoms with Crippen molar-refractivity contribution in [2.24, 2.45) is 0 Å². The Labute approximate surface area is 217 Å². The van der Waals surface area contributed by atoms with Crippen LogP contribution >= 0.6 is 0 Å². The molecule has 0 N–H and O–H groups in total. The second kappa shape index (κ2) is 14.6. The first kappa shape index (κ1) is 27.7. The summed E-state index contributed by atoms with van der Waals surface area (Å²) in [6.07, 6.45) is 6.59. The molecule has 196 valence electrons. The molecule has 0 fully saturated rings. The fourth-order valence-corrected chi connectivity index (χ4v) is 3.90. The third-order valence-electron chi connectivity index (χ3n) is 5.94. The van der Waals surface area contributed by atoms with E-state index in [2.05, 4.69) is 4.74 Å². The lowest BCUT2D eigenvalue weighted by molar-refractivity contribution is -0.143. The van der Waals surface area contributed by atoms with E-state index in [1.54, 1.807) is 43.3 Å². The second-order valence-electron chi connectivity index (χ2n) is 8.61. The van der Waals surface area contributed by atoms with Gasteiger partial charge in [-0.15, -0.1) is 0 Å². The monoisotopic (exact) mass is 506 g/mol. The fraction of sp³-hybridized carbons (Fsp3) is 0.367. The first-order valence-corrected chi connectivity index (χ1v) is 12.7. The molecule has 3 aromatic rings. The first-order chi connectivity index (χ1) is 18.0. The van der Waals surface area contributed by atoms with E-state index in [-0.39, 0.29) is 5.97 Å². The number of hydrogen-bond donors (Lipinski definition) is 0. The van der Waals surface area contributed by atoms with Crippen molar-refractivity contribution in [3.05, 3.63) is 71.8 Å². The normalized spacial score (nSPS) is 10.6. The zero-order valence-electron chi connectivity index (χ0n) is 21.5. The Hall–Kier alpha value is -3.87. The highest BCUT2D eigenvalue weighted by molar-refractivity contribution is 6.07. The maximum absolute atomic E-state index is 12.9. The largest absolute Gasteiger partial charge is 0.493 e. The Balaban J connectivity index is 1.49. The van der Waals surface area contributed by atoms with Crippen LogP contribution in [0.15, 0.2) is 60.7 Å². The van der Waals surface area contributed by atoms with E-state index in [0.29, 0.717) is 36.5 Å². The van der Waals surface area contributed by atoms with E-state index < -0.39 is 11.9 Å². The number of carbonyl (C=O) groups is 3. The smallest absolute Gasteiger partial charge is 0.344 e. The second-order valence-corrected chi connectivity index (χ2v) is 8.61. The molecular formula is C30H34O7. The number of unbranched alkanes of at least 4 members (excludes halogenated alkanes) is 5. The fourth-order valence-electron chi connectivity index (χ4n) is 3.90. The Kier molecular flexibility index (Phi) is 11.0. The van der Waals surface area contributed by atoms with Crippen LogP contribution in [0.1, 0.15) is 72.6 Å². The lowest BCUT2D eigenvalue weighted by Crippen LogP contribution is -2.10. The van der Waals surface area contributed by atoms with Crippen LogP contribution in [0.5, 0.6) is 11.5 Å². The van der Waals surface area contributed by atoms with Gasteiger partial charge in [0.15, 0.2) is 0 Å². The minimum atomic E-state index is -0.488. The van der Waals surface area contributed by atoms with Crippen molar-refractivity contribution in [1.29, 1.82) is 0 Å². The lowest BCUT2D eigenvalue weighted by atomic mass is 10.0. The summed E-state index contributed by atoms with van der Waals surface area (Å²) in [4.78, 5) is 35.6. The number of rotatable bonds is 14. The van der Waals surface area contributed by atoms with Crippen LogP contribution in [0.4, 0.5) is 0 Å². The summed E-state index contributed by atoms with van der Waals surface area (Å²) < 4.78 is 21.4. The van der Waals surface area contributed by atoms with Crippen molar-refractivity contribution in [3.8, 4) is 11.5 Å². The van der Waals surface area contributed by atoms with Gasteiger partial charge in [-0.25, -0.2) is 9.59 Å². The summed E-state index contributed by atoms with van der Waals surface area (Å²) >= 11 is 0. The number of methoxy groups -OCH3 is 1. The molecule has 0 spiro atoms. The highest BCUT2D eigenvalue weighted by atomic mass is 16.5. The Morgan fingerprint density at radius 2 is 1.35 bits per heavy atom. The van der Waals surface area contributed by atoms with E-state index in [1.165, 1.54) is 7.11 Å². The molecule has 0 aliphatic heterocycles. The minimum absolute atomic E-state index is 0.138. The van der Waals surface area contributed by atoms with Gasteiger partial charge in [-0.3, -0.25) is 4.79 Å².